The van der Waals surface area contributed by atoms with Crippen molar-refractivity contribution in [3.05, 3.63) is 34.3 Å². The van der Waals surface area contributed by atoms with Crippen molar-refractivity contribution in [1.82, 2.24) is 0 Å². The molecule has 0 fully saturated rings. The normalized spacial score (nSPS) is 11.1. The van der Waals surface area contributed by atoms with Gasteiger partial charge in [-0.1, -0.05) is 28.1 Å². The number of ether oxygens (including phenoxy) is 1. The molecule has 1 aromatic carbocycles. The smallest absolute Gasteiger partial charge is 0.319 e. The Balaban J connectivity index is 3.00. The number of carbonyl (C=O) groups excluding carboxylic acids is 2. The molecule has 0 saturated heterocycles. The van der Waals surface area contributed by atoms with Crippen molar-refractivity contribution in [1.29, 1.82) is 0 Å². The molecule has 0 atom stereocenters. The van der Waals surface area contributed by atoms with Crippen LogP contribution in [-0.4, -0.2) is 18.4 Å². The molecular formula is C13H15BrO3. The van der Waals surface area contributed by atoms with E-state index in [-0.39, 0.29) is 12.4 Å². The van der Waals surface area contributed by atoms with Crippen LogP contribution < -0.4 is 0 Å². The molecule has 0 amide bonds. The Bertz CT molecular complexity index is 438. The lowest BCUT2D eigenvalue weighted by Gasteiger charge is -2.20. The molecule has 0 N–H and O–H groups in total. The predicted molar refractivity (Wildman–Crippen MR) is 68.9 cm³/mol. The molecule has 92 valence electrons. The minimum absolute atomic E-state index is 0.239. The van der Waals surface area contributed by atoms with Crippen molar-refractivity contribution in [3.63, 3.8) is 0 Å². The molecule has 0 aliphatic heterocycles. The third kappa shape index (κ3) is 3.16. The molecule has 4 heteroatoms. The van der Waals surface area contributed by atoms with Gasteiger partial charge >= 0.3 is 5.97 Å². The summed E-state index contributed by atoms with van der Waals surface area (Å²) in [7, 11) is 0. The predicted octanol–water partition coefficient (Wildman–Crippen LogP) is 3.22. The van der Waals surface area contributed by atoms with Crippen LogP contribution in [0.25, 0.3) is 0 Å². The van der Waals surface area contributed by atoms with E-state index in [1.165, 1.54) is 0 Å². The number of benzene rings is 1. The molecule has 0 spiro atoms. The van der Waals surface area contributed by atoms with E-state index in [1.807, 2.05) is 6.07 Å². The Hall–Kier alpha value is -1.16. The van der Waals surface area contributed by atoms with Gasteiger partial charge in [-0.3, -0.25) is 9.59 Å². The van der Waals surface area contributed by atoms with Crippen molar-refractivity contribution >= 4 is 27.7 Å². The van der Waals surface area contributed by atoms with E-state index in [1.54, 1.807) is 39.0 Å². The zero-order valence-corrected chi connectivity index (χ0v) is 11.7. The van der Waals surface area contributed by atoms with Crippen molar-refractivity contribution in [2.75, 3.05) is 6.61 Å². The number of hydrogen-bond donors (Lipinski definition) is 0. The number of esters is 1. The van der Waals surface area contributed by atoms with Gasteiger partial charge in [0, 0.05) is 10.0 Å². The van der Waals surface area contributed by atoms with Gasteiger partial charge < -0.3 is 4.74 Å². The highest BCUT2D eigenvalue weighted by molar-refractivity contribution is 9.10. The minimum atomic E-state index is -1.16. The van der Waals surface area contributed by atoms with Crippen LogP contribution in [0.4, 0.5) is 0 Å². The molecule has 0 aromatic heterocycles. The van der Waals surface area contributed by atoms with Crippen LogP contribution in [0.15, 0.2) is 28.7 Å². The third-order valence-corrected chi connectivity index (χ3v) is 2.93. The van der Waals surface area contributed by atoms with Gasteiger partial charge in [0.15, 0.2) is 5.78 Å². The standard InChI is InChI=1S/C13H15BrO3/c1-4-17-12(16)13(2,3)11(15)9-6-5-7-10(14)8-9/h5-8H,4H2,1-3H3. The number of carbonyl (C=O) groups is 2. The van der Waals surface area contributed by atoms with Crippen molar-refractivity contribution < 1.29 is 14.3 Å². The Morgan fingerprint density at radius 2 is 2.00 bits per heavy atom. The second-order valence-electron chi connectivity index (χ2n) is 4.18. The molecule has 0 saturated carbocycles. The molecule has 0 aliphatic rings. The average molecular weight is 299 g/mol. The van der Waals surface area contributed by atoms with Crippen LogP contribution >= 0.6 is 15.9 Å². The summed E-state index contributed by atoms with van der Waals surface area (Å²) < 4.78 is 5.72. The van der Waals surface area contributed by atoms with Gasteiger partial charge in [0.25, 0.3) is 0 Å². The Morgan fingerprint density at radius 1 is 1.35 bits per heavy atom. The fraction of sp³-hybridized carbons (Fsp3) is 0.385. The number of Topliss-reactive ketones (excluding diaryl/α,β-unsaturated/α-hetero) is 1. The molecule has 17 heavy (non-hydrogen) atoms. The number of ketones is 1. The van der Waals surface area contributed by atoms with Crippen LogP contribution in [-0.2, 0) is 9.53 Å². The van der Waals surface area contributed by atoms with E-state index >= 15 is 0 Å². The molecule has 0 bridgehead atoms. The van der Waals surface area contributed by atoms with Gasteiger partial charge in [0.05, 0.1) is 6.61 Å². The van der Waals surface area contributed by atoms with E-state index in [9.17, 15) is 9.59 Å². The summed E-state index contributed by atoms with van der Waals surface area (Å²) in [4.78, 5) is 23.9. The first-order chi connectivity index (χ1) is 7.89. The van der Waals surface area contributed by atoms with Gasteiger partial charge in [-0.05, 0) is 32.9 Å². The molecule has 1 aromatic rings. The van der Waals surface area contributed by atoms with E-state index < -0.39 is 11.4 Å². The molecule has 0 aliphatic carbocycles. The summed E-state index contributed by atoms with van der Waals surface area (Å²) in [5.41, 5.74) is -0.658. The molecule has 0 heterocycles. The Kier molecular flexibility index (Phi) is 4.46. The van der Waals surface area contributed by atoms with Crippen molar-refractivity contribution in [3.8, 4) is 0 Å². The zero-order chi connectivity index (χ0) is 13.1. The molecular weight excluding hydrogens is 284 g/mol. The van der Waals surface area contributed by atoms with Crippen LogP contribution in [0.3, 0.4) is 0 Å². The summed E-state index contributed by atoms with van der Waals surface area (Å²) in [6.45, 7) is 5.15. The highest BCUT2D eigenvalue weighted by Gasteiger charge is 2.37. The number of hydrogen-bond acceptors (Lipinski definition) is 3. The van der Waals surface area contributed by atoms with E-state index in [0.717, 1.165) is 4.47 Å². The maximum absolute atomic E-state index is 12.2. The zero-order valence-electron chi connectivity index (χ0n) is 10.1. The van der Waals surface area contributed by atoms with Gasteiger partial charge in [-0.2, -0.15) is 0 Å². The third-order valence-electron chi connectivity index (χ3n) is 2.44. The van der Waals surface area contributed by atoms with Crippen molar-refractivity contribution in [2.45, 2.75) is 20.8 Å². The van der Waals surface area contributed by atoms with Crippen LogP contribution in [0, 0.1) is 5.41 Å². The first kappa shape index (κ1) is 13.9. The minimum Gasteiger partial charge on any atom is -0.465 e. The van der Waals surface area contributed by atoms with Gasteiger partial charge in [0.2, 0.25) is 0 Å². The van der Waals surface area contributed by atoms with Crippen LogP contribution in [0.2, 0.25) is 0 Å². The lowest BCUT2D eigenvalue weighted by atomic mass is 9.84. The van der Waals surface area contributed by atoms with Gasteiger partial charge in [-0.25, -0.2) is 0 Å². The fourth-order valence-electron chi connectivity index (χ4n) is 1.39. The maximum Gasteiger partial charge on any atom is 0.319 e. The first-order valence-electron chi connectivity index (χ1n) is 5.37. The summed E-state index contributed by atoms with van der Waals surface area (Å²) in [5, 5.41) is 0. The second kappa shape index (κ2) is 5.45. The Morgan fingerprint density at radius 3 is 2.53 bits per heavy atom. The SMILES string of the molecule is CCOC(=O)C(C)(C)C(=O)c1cccc(Br)c1. The quantitative estimate of drug-likeness (QED) is 0.487. The van der Waals surface area contributed by atoms with E-state index in [4.69, 9.17) is 4.74 Å². The van der Waals surface area contributed by atoms with Crippen LogP contribution in [0.1, 0.15) is 31.1 Å². The lowest BCUT2D eigenvalue weighted by molar-refractivity contribution is -0.150. The fourth-order valence-corrected chi connectivity index (χ4v) is 1.79. The molecule has 3 nitrogen and oxygen atoms in total. The topological polar surface area (TPSA) is 43.4 Å². The summed E-state index contributed by atoms with van der Waals surface area (Å²) in [5.74, 6) is -0.734. The lowest BCUT2D eigenvalue weighted by Crippen LogP contribution is -2.35. The number of halogens is 1. The van der Waals surface area contributed by atoms with E-state index in [2.05, 4.69) is 15.9 Å². The summed E-state index contributed by atoms with van der Waals surface area (Å²) in [6.07, 6.45) is 0. The Labute approximate surface area is 109 Å². The van der Waals surface area contributed by atoms with Crippen molar-refractivity contribution in [2.24, 2.45) is 5.41 Å². The second-order valence-corrected chi connectivity index (χ2v) is 5.10. The average Bonchev–Trinajstić information content (AvgIpc) is 2.28. The first-order valence-corrected chi connectivity index (χ1v) is 6.16. The van der Waals surface area contributed by atoms with E-state index in [0.29, 0.717) is 5.56 Å². The summed E-state index contributed by atoms with van der Waals surface area (Å²) >= 11 is 3.30. The molecule has 0 radical (unpaired) electrons. The van der Waals surface area contributed by atoms with Gasteiger partial charge in [-0.15, -0.1) is 0 Å². The maximum atomic E-state index is 12.2. The monoisotopic (exact) mass is 298 g/mol. The highest BCUT2D eigenvalue weighted by atomic mass is 79.9. The highest BCUT2D eigenvalue weighted by Crippen LogP contribution is 2.25. The number of rotatable bonds is 4. The molecule has 0 unspecified atom stereocenters. The van der Waals surface area contributed by atoms with Crippen LogP contribution in [0.5, 0.6) is 0 Å². The summed E-state index contributed by atoms with van der Waals surface area (Å²) in [6, 6.07) is 6.98. The molecule has 1 rings (SSSR count). The largest absolute Gasteiger partial charge is 0.465 e. The van der Waals surface area contributed by atoms with Gasteiger partial charge in [0.1, 0.15) is 5.41 Å².